The maximum absolute atomic E-state index is 14.1. The van der Waals surface area contributed by atoms with Gasteiger partial charge in [0.1, 0.15) is 23.9 Å². The van der Waals surface area contributed by atoms with Gasteiger partial charge in [0.15, 0.2) is 5.76 Å². The van der Waals surface area contributed by atoms with Gasteiger partial charge in [-0.25, -0.2) is 4.39 Å². The summed E-state index contributed by atoms with van der Waals surface area (Å²) in [7, 11) is 0. The number of hydrogen-bond acceptors (Lipinski definition) is 11. The number of nitrogens with zero attached hydrogens (tertiary/aromatic N) is 2. The van der Waals surface area contributed by atoms with E-state index in [2.05, 4.69) is 0 Å². The van der Waals surface area contributed by atoms with Crippen LogP contribution in [0.25, 0.3) is 0 Å². The molecule has 0 spiro atoms. The molecule has 0 aliphatic carbocycles. The van der Waals surface area contributed by atoms with Gasteiger partial charge in [0.25, 0.3) is 5.69 Å². The number of hydrogen-bond donors (Lipinski definition) is 1. The van der Waals surface area contributed by atoms with Crippen LogP contribution in [0, 0.1) is 27.3 Å². The number of benzene rings is 3. The SMILES string of the molecule is CCS[C@@H]1[C@@H]([C@@H](C)O)C(=O)N1C(C(=S)OCc1ccc([N+](=O)[O-])cc1)=C(Oc1ccc(C(=O)Sc2ccc(F)cc2)cc1)C(=O)C(C)(C)C. The second kappa shape index (κ2) is 16.1. The van der Waals surface area contributed by atoms with Gasteiger partial charge in [-0.1, -0.05) is 27.7 Å². The molecular formula is C35H35FN2O8S3. The van der Waals surface area contributed by atoms with E-state index in [9.17, 15) is 34.0 Å². The average Bonchev–Trinajstić information content (AvgIpc) is 3.05. The molecule has 4 rings (SSSR count). The van der Waals surface area contributed by atoms with Crippen LogP contribution in [0.3, 0.4) is 0 Å². The highest BCUT2D eigenvalue weighted by molar-refractivity contribution is 8.14. The number of aliphatic hydroxyl groups is 1. The fourth-order valence-corrected chi connectivity index (χ4v) is 6.98. The number of ether oxygens (including phenoxy) is 2. The molecule has 10 nitrogen and oxygen atoms in total. The molecule has 49 heavy (non-hydrogen) atoms. The Bertz CT molecular complexity index is 1760. The van der Waals surface area contributed by atoms with Gasteiger partial charge >= 0.3 is 0 Å². The van der Waals surface area contributed by atoms with Gasteiger partial charge in [0, 0.05) is 28.0 Å². The van der Waals surface area contributed by atoms with Crippen LogP contribution in [0.2, 0.25) is 0 Å². The molecule has 1 N–H and O–H groups in total. The largest absolute Gasteiger partial charge is 0.477 e. The molecule has 0 aromatic heterocycles. The number of likely N-dealkylation sites (tertiary alicyclic amines) is 1. The van der Waals surface area contributed by atoms with E-state index in [1.165, 1.54) is 96.4 Å². The maximum Gasteiger partial charge on any atom is 0.269 e. The Morgan fingerprint density at radius 3 is 2.20 bits per heavy atom. The van der Waals surface area contributed by atoms with Crippen LogP contribution in [-0.4, -0.2) is 54.0 Å². The monoisotopic (exact) mass is 726 g/mol. The van der Waals surface area contributed by atoms with Crippen LogP contribution in [0.15, 0.2) is 89.1 Å². The molecule has 258 valence electrons. The summed E-state index contributed by atoms with van der Waals surface area (Å²) in [6, 6.07) is 17.2. The fourth-order valence-electron chi connectivity index (χ4n) is 4.74. The van der Waals surface area contributed by atoms with E-state index < -0.39 is 45.2 Å². The number of nitro benzene ring substituents is 1. The van der Waals surface area contributed by atoms with Crippen molar-refractivity contribution in [1.82, 2.24) is 4.90 Å². The van der Waals surface area contributed by atoms with Gasteiger partial charge in [-0.3, -0.25) is 29.4 Å². The molecule has 1 heterocycles. The summed E-state index contributed by atoms with van der Waals surface area (Å²) in [6.07, 6.45) is -0.982. The number of β-lactam (4-membered cyclic amide) rings is 1. The smallest absolute Gasteiger partial charge is 0.269 e. The Balaban J connectivity index is 1.73. The van der Waals surface area contributed by atoms with Crippen molar-refractivity contribution in [2.75, 3.05) is 5.75 Å². The number of ketones is 1. The molecule has 3 aromatic carbocycles. The minimum atomic E-state index is -1.01. The van der Waals surface area contributed by atoms with Gasteiger partial charge in [0.2, 0.25) is 21.9 Å². The van der Waals surface area contributed by atoms with Crippen molar-refractivity contribution in [2.45, 2.75) is 57.6 Å². The molecule has 0 radical (unpaired) electrons. The van der Waals surface area contributed by atoms with E-state index >= 15 is 0 Å². The average molecular weight is 727 g/mol. The van der Waals surface area contributed by atoms with Gasteiger partial charge in [-0.05, 0) is 103 Å². The second-order valence-corrected chi connectivity index (χ2v) is 14.9. The van der Waals surface area contributed by atoms with Gasteiger partial charge < -0.3 is 14.6 Å². The van der Waals surface area contributed by atoms with Crippen LogP contribution in [0.1, 0.15) is 50.5 Å². The third kappa shape index (κ3) is 9.12. The first-order chi connectivity index (χ1) is 23.1. The van der Waals surface area contributed by atoms with E-state index in [0.29, 0.717) is 21.8 Å². The molecule has 14 heteroatoms. The number of thiocarbonyl (C=S) groups is 1. The van der Waals surface area contributed by atoms with Gasteiger partial charge in [0.05, 0.1) is 22.3 Å². The first-order valence-corrected chi connectivity index (χ1v) is 17.5. The second-order valence-electron chi connectivity index (χ2n) is 12.0. The summed E-state index contributed by atoms with van der Waals surface area (Å²) >= 11 is 8.03. The number of halogens is 1. The zero-order valence-corrected chi connectivity index (χ0v) is 29.8. The lowest BCUT2D eigenvalue weighted by Crippen LogP contribution is -2.63. The first-order valence-electron chi connectivity index (χ1n) is 15.2. The quantitative estimate of drug-likeness (QED) is 0.0361. The van der Waals surface area contributed by atoms with Crippen molar-refractivity contribution in [3.05, 3.63) is 111 Å². The minimum absolute atomic E-state index is 0.0864. The molecular weight excluding hydrogens is 692 g/mol. The molecule has 1 aliphatic heterocycles. The van der Waals surface area contributed by atoms with Gasteiger partial charge in [-0.15, -0.1) is 11.8 Å². The summed E-state index contributed by atoms with van der Waals surface area (Å²) in [5.41, 5.74) is -0.325. The number of carbonyl (C=O) groups excluding carboxylic acids is 3. The molecule has 0 unspecified atom stereocenters. The number of non-ortho nitro benzene ring substituents is 1. The third-order valence-corrected chi connectivity index (χ3v) is 9.75. The van der Waals surface area contributed by atoms with Crippen LogP contribution >= 0.6 is 35.7 Å². The Kier molecular flexibility index (Phi) is 12.4. The molecule has 1 aliphatic rings. The van der Waals surface area contributed by atoms with E-state index in [1.54, 1.807) is 20.8 Å². The number of amides is 1. The molecule has 0 bridgehead atoms. The number of allylic oxidation sites excluding steroid dienone is 1. The molecule has 1 saturated heterocycles. The van der Waals surface area contributed by atoms with E-state index in [1.807, 2.05) is 6.92 Å². The lowest BCUT2D eigenvalue weighted by Gasteiger charge is -2.48. The van der Waals surface area contributed by atoms with E-state index in [0.717, 1.165) is 11.8 Å². The normalized spacial score (nSPS) is 17.0. The van der Waals surface area contributed by atoms with Crippen molar-refractivity contribution in [3.8, 4) is 5.75 Å². The summed E-state index contributed by atoms with van der Waals surface area (Å²) in [5.74, 6) is -1.67. The lowest BCUT2D eigenvalue weighted by atomic mass is 9.87. The van der Waals surface area contributed by atoms with Gasteiger partial charge in [-0.2, -0.15) is 0 Å². The van der Waals surface area contributed by atoms with Crippen molar-refractivity contribution in [3.63, 3.8) is 0 Å². The number of rotatable bonds is 13. The summed E-state index contributed by atoms with van der Waals surface area (Å²) in [5, 5.41) is 20.4. The first kappa shape index (κ1) is 37.7. The molecule has 3 atom stereocenters. The third-order valence-electron chi connectivity index (χ3n) is 7.33. The Morgan fingerprint density at radius 1 is 1.06 bits per heavy atom. The molecule has 1 amide bonds. The fraction of sp³-hybridized carbons (Fsp3) is 0.314. The van der Waals surface area contributed by atoms with Crippen molar-refractivity contribution in [1.29, 1.82) is 0 Å². The number of nitro groups is 1. The standard InChI is InChI=1S/C35H35FN2O8S3/c1-6-48-32-27(20(2)39)31(41)37(32)28(34(47)45-19-21-7-13-24(14-8-21)38(43)44)29(30(40)35(3,4)5)46-25-15-9-22(10-16-25)33(42)49-26-17-11-23(36)12-18-26/h7-18,20,27,32,39H,6,19H2,1-5H3/t20-,27+,32-/m1/s1. The zero-order chi connectivity index (χ0) is 36.0. The topological polar surface area (TPSA) is 136 Å². The van der Waals surface area contributed by atoms with Crippen LogP contribution in [0.5, 0.6) is 5.75 Å². The number of aliphatic hydroxyl groups excluding tert-OH is 1. The van der Waals surface area contributed by atoms with Crippen LogP contribution in [0.4, 0.5) is 10.1 Å². The highest BCUT2D eigenvalue weighted by Crippen LogP contribution is 2.42. The van der Waals surface area contributed by atoms with Crippen molar-refractivity contribution in [2.24, 2.45) is 11.3 Å². The Hall–Kier alpha value is -4.11. The lowest BCUT2D eigenvalue weighted by molar-refractivity contribution is -0.384. The number of thioether (sulfide) groups is 2. The van der Waals surface area contributed by atoms with Crippen LogP contribution in [-0.2, 0) is 20.9 Å². The van der Waals surface area contributed by atoms with E-state index in [4.69, 9.17) is 21.7 Å². The Labute approximate surface area is 297 Å². The predicted molar refractivity (Wildman–Crippen MR) is 190 cm³/mol. The van der Waals surface area contributed by atoms with Crippen molar-refractivity contribution >= 4 is 63.3 Å². The molecule has 3 aromatic rings. The zero-order valence-electron chi connectivity index (χ0n) is 27.4. The van der Waals surface area contributed by atoms with E-state index in [-0.39, 0.29) is 39.7 Å². The van der Waals surface area contributed by atoms with Crippen molar-refractivity contribution < 1.29 is 38.3 Å². The number of Topliss-reactive ketones (excluding diaryl/α,β-unsaturated/α-hetero) is 1. The Morgan fingerprint density at radius 2 is 1.67 bits per heavy atom. The summed E-state index contributed by atoms with van der Waals surface area (Å²) in [4.78, 5) is 53.1. The highest BCUT2D eigenvalue weighted by atomic mass is 32.2. The number of carbonyl (C=O) groups is 3. The van der Waals surface area contributed by atoms with Crippen LogP contribution < -0.4 is 4.74 Å². The molecule has 1 fully saturated rings. The highest BCUT2D eigenvalue weighted by Gasteiger charge is 2.54. The maximum atomic E-state index is 14.1. The minimum Gasteiger partial charge on any atom is -0.477 e. The summed E-state index contributed by atoms with van der Waals surface area (Å²) in [6.45, 7) is 8.33. The summed E-state index contributed by atoms with van der Waals surface area (Å²) < 4.78 is 25.5. The predicted octanol–water partition coefficient (Wildman–Crippen LogP) is 7.33. The molecule has 0 saturated carbocycles.